The SMILES string of the molecule is Cc1ccc(C#Cc2nc(C)c(N)s2)cc1. The molecule has 0 aliphatic rings. The number of anilines is 1. The maximum absolute atomic E-state index is 5.72. The molecule has 0 saturated carbocycles. The second-order valence-corrected chi connectivity index (χ2v) is 4.62. The van der Waals surface area contributed by atoms with Crippen molar-refractivity contribution < 1.29 is 0 Å². The highest BCUT2D eigenvalue weighted by molar-refractivity contribution is 7.16. The van der Waals surface area contributed by atoms with Gasteiger partial charge in [0.05, 0.1) is 5.69 Å². The molecule has 2 nitrogen and oxygen atoms in total. The van der Waals surface area contributed by atoms with Gasteiger partial charge in [-0.15, -0.1) is 0 Å². The van der Waals surface area contributed by atoms with E-state index >= 15 is 0 Å². The van der Waals surface area contributed by atoms with E-state index in [2.05, 4.69) is 23.7 Å². The molecule has 0 amide bonds. The van der Waals surface area contributed by atoms with E-state index in [4.69, 9.17) is 5.73 Å². The number of rotatable bonds is 0. The number of hydrogen-bond acceptors (Lipinski definition) is 3. The number of hydrogen-bond donors (Lipinski definition) is 1. The first-order chi connectivity index (χ1) is 7.65. The fourth-order valence-electron chi connectivity index (χ4n) is 1.22. The van der Waals surface area contributed by atoms with Crippen LogP contribution in [0.4, 0.5) is 5.00 Å². The van der Waals surface area contributed by atoms with Gasteiger partial charge < -0.3 is 5.73 Å². The summed E-state index contributed by atoms with van der Waals surface area (Å²) in [7, 11) is 0. The zero-order valence-electron chi connectivity index (χ0n) is 9.24. The summed E-state index contributed by atoms with van der Waals surface area (Å²) in [5, 5.41) is 1.52. The van der Waals surface area contributed by atoms with Crippen molar-refractivity contribution >= 4 is 16.3 Å². The molecule has 0 fully saturated rings. The van der Waals surface area contributed by atoms with Crippen LogP contribution in [-0.4, -0.2) is 4.98 Å². The highest BCUT2D eigenvalue weighted by Crippen LogP contribution is 2.18. The highest BCUT2D eigenvalue weighted by Gasteiger charge is 2.00. The maximum atomic E-state index is 5.72. The van der Waals surface area contributed by atoms with Crippen molar-refractivity contribution in [3.63, 3.8) is 0 Å². The number of nitrogen functional groups attached to an aromatic ring is 1. The van der Waals surface area contributed by atoms with Crippen LogP contribution in [0.15, 0.2) is 24.3 Å². The molecule has 1 aromatic carbocycles. The molecule has 0 saturated heterocycles. The molecule has 0 atom stereocenters. The Balaban J connectivity index is 2.24. The standard InChI is InChI=1S/C13H12N2S/c1-9-3-5-11(6-4-9)7-8-12-15-10(2)13(14)16-12/h3-6H,14H2,1-2H3. The van der Waals surface area contributed by atoms with Gasteiger partial charge in [-0.05, 0) is 31.9 Å². The number of nitrogens with two attached hydrogens (primary N) is 1. The third-order valence-electron chi connectivity index (χ3n) is 2.20. The summed E-state index contributed by atoms with van der Waals surface area (Å²) < 4.78 is 0. The minimum atomic E-state index is 0.744. The van der Waals surface area contributed by atoms with Crippen LogP contribution in [0.5, 0.6) is 0 Å². The lowest BCUT2D eigenvalue weighted by Crippen LogP contribution is -1.81. The second kappa shape index (κ2) is 4.38. The first kappa shape index (κ1) is 10.7. The van der Waals surface area contributed by atoms with Crippen molar-refractivity contribution in [2.45, 2.75) is 13.8 Å². The molecule has 0 unspecified atom stereocenters. The van der Waals surface area contributed by atoms with E-state index in [9.17, 15) is 0 Å². The van der Waals surface area contributed by atoms with Gasteiger partial charge >= 0.3 is 0 Å². The van der Waals surface area contributed by atoms with Gasteiger partial charge in [0.1, 0.15) is 5.00 Å². The molecule has 1 aromatic heterocycles. The van der Waals surface area contributed by atoms with E-state index in [0.717, 1.165) is 21.3 Å². The fourth-order valence-corrected chi connectivity index (χ4v) is 1.91. The van der Waals surface area contributed by atoms with Crippen LogP contribution >= 0.6 is 11.3 Å². The number of thiazole rings is 1. The van der Waals surface area contributed by atoms with Crippen LogP contribution in [0.2, 0.25) is 0 Å². The Kier molecular flexibility index (Phi) is 2.93. The zero-order chi connectivity index (χ0) is 11.5. The number of aromatic nitrogens is 1. The van der Waals surface area contributed by atoms with Gasteiger partial charge in [-0.2, -0.15) is 0 Å². The summed E-state index contributed by atoms with van der Waals surface area (Å²) in [4.78, 5) is 4.26. The Bertz CT molecular complexity index is 536. The largest absolute Gasteiger partial charge is 0.389 e. The molecule has 0 aliphatic carbocycles. The molecular weight excluding hydrogens is 216 g/mol. The topological polar surface area (TPSA) is 38.9 Å². The Morgan fingerprint density at radius 2 is 1.81 bits per heavy atom. The third kappa shape index (κ3) is 2.41. The summed E-state index contributed by atoms with van der Waals surface area (Å²) in [6.07, 6.45) is 0. The smallest absolute Gasteiger partial charge is 0.169 e. The third-order valence-corrected chi connectivity index (χ3v) is 3.10. The fraction of sp³-hybridized carbons (Fsp3) is 0.154. The van der Waals surface area contributed by atoms with Gasteiger partial charge in [-0.3, -0.25) is 0 Å². The van der Waals surface area contributed by atoms with Gasteiger partial charge in [0, 0.05) is 5.56 Å². The van der Waals surface area contributed by atoms with Crippen LogP contribution in [0.3, 0.4) is 0 Å². The second-order valence-electron chi connectivity index (χ2n) is 3.58. The van der Waals surface area contributed by atoms with Crippen molar-refractivity contribution in [3.8, 4) is 11.8 Å². The van der Waals surface area contributed by atoms with Gasteiger partial charge in [0.15, 0.2) is 5.01 Å². The van der Waals surface area contributed by atoms with Crippen molar-refractivity contribution in [3.05, 3.63) is 46.1 Å². The molecule has 0 spiro atoms. The van der Waals surface area contributed by atoms with Crippen LogP contribution in [-0.2, 0) is 0 Å². The molecule has 1 heterocycles. The Morgan fingerprint density at radius 1 is 1.12 bits per heavy atom. The molecule has 2 aromatic rings. The summed E-state index contributed by atoms with van der Waals surface area (Å²) in [6.45, 7) is 3.95. The van der Waals surface area contributed by atoms with Gasteiger partial charge in [-0.25, -0.2) is 4.98 Å². The Hall–Kier alpha value is -1.79. The summed E-state index contributed by atoms with van der Waals surface area (Å²) in [5.74, 6) is 6.09. The van der Waals surface area contributed by atoms with Crippen LogP contribution in [0, 0.1) is 25.7 Å². The Morgan fingerprint density at radius 3 is 2.38 bits per heavy atom. The molecule has 16 heavy (non-hydrogen) atoms. The molecule has 2 rings (SSSR count). The predicted octanol–water partition coefficient (Wildman–Crippen LogP) is 2.74. The Labute approximate surface area is 99.1 Å². The van der Waals surface area contributed by atoms with Crippen molar-refractivity contribution in [2.75, 3.05) is 5.73 Å². The first-order valence-electron chi connectivity index (χ1n) is 4.97. The lowest BCUT2D eigenvalue weighted by molar-refractivity contribution is 1.25. The average molecular weight is 228 g/mol. The minimum absolute atomic E-state index is 0.744. The highest BCUT2D eigenvalue weighted by atomic mass is 32.1. The zero-order valence-corrected chi connectivity index (χ0v) is 10.1. The van der Waals surface area contributed by atoms with E-state index < -0.39 is 0 Å². The molecular formula is C13H12N2S. The molecule has 0 aliphatic heterocycles. The van der Waals surface area contributed by atoms with Gasteiger partial charge in [0.25, 0.3) is 0 Å². The monoisotopic (exact) mass is 228 g/mol. The number of benzene rings is 1. The molecule has 80 valence electrons. The predicted molar refractivity (Wildman–Crippen MR) is 68.4 cm³/mol. The maximum Gasteiger partial charge on any atom is 0.169 e. The first-order valence-corrected chi connectivity index (χ1v) is 5.78. The van der Waals surface area contributed by atoms with Crippen molar-refractivity contribution in [2.24, 2.45) is 0 Å². The van der Waals surface area contributed by atoms with E-state index in [-0.39, 0.29) is 0 Å². The minimum Gasteiger partial charge on any atom is -0.389 e. The van der Waals surface area contributed by atoms with E-state index in [1.54, 1.807) is 0 Å². The van der Waals surface area contributed by atoms with Crippen LogP contribution in [0.1, 0.15) is 21.8 Å². The number of aryl methyl sites for hydroxylation is 2. The van der Waals surface area contributed by atoms with Crippen LogP contribution in [0.25, 0.3) is 0 Å². The van der Waals surface area contributed by atoms with E-state index in [1.807, 2.05) is 31.2 Å². The molecule has 0 bridgehead atoms. The quantitative estimate of drug-likeness (QED) is 0.704. The molecule has 2 N–H and O–H groups in total. The van der Waals surface area contributed by atoms with Gasteiger partial charge in [-0.1, -0.05) is 35.0 Å². The summed E-state index contributed by atoms with van der Waals surface area (Å²) in [6, 6.07) is 8.11. The van der Waals surface area contributed by atoms with E-state index in [0.29, 0.717) is 0 Å². The summed E-state index contributed by atoms with van der Waals surface area (Å²) in [5.41, 5.74) is 8.81. The lowest BCUT2D eigenvalue weighted by atomic mass is 10.2. The molecule has 3 heteroatoms. The average Bonchev–Trinajstić information content (AvgIpc) is 2.58. The van der Waals surface area contributed by atoms with Gasteiger partial charge in [0.2, 0.25) is 0 Å². The molecule has 0 radical (unpaired) electrons. The lowest BCUT2D eigenvalue weighted by Gasteiger charge is -1.90. The van der Waals surface area contributed by atoms with Crippen molar-refractivity contribution in [1.29, 1.82) is 0 Å². The van der Waals surface area contributed by atoms with E-state index in [1.165, 1.54) is 16.9 Å². The van der Waals surface area contributed by atoms with Crippen LogP contribution < -0.4 is 5.73 Å². The number of nitrogens with zero attached hydrogens (tertiary/aromatic N) is 1. The van der Waals surface area contributed by atoms with Crippen molar-refractivity contribution in [1.82, 2.24) is 4.98 Å². The summed E-state index contributed by atoms with van der Waals surface area (Å²) >= 11 is 1.43. The normalized spacial score (nSPS) is 9.62.